The van der Waals surface area contributed by atoms with E-state index in [1.54, 1.807) is 12.1 Å². The molecule has 0 spiro atoms. The molecule has 0 saturated heterocycles. The third kappa shape index (κ3) is 2.93. The first-order valence-electron chi connectivity index (χ1n) is 3.52. The first-order chi connectivity index (χ1) is 5.83. The van der Waals surface area contributed by atoms with Crippen LogP contribution in [0.2, 0.25) is 0 Å². The van der Waals surface area contributed by atoms with Crippen molar-refractivity contribution in [1.29, 1.82) is 5.26 Å². The van der Waals surface area contributed by atoms with Gasteiger partial charge >= 0.3 is 0 Å². The van der Waals surface area contributed by atoms with Crippen LogP contribution in [0.3, 0.4) is 0 Å². The standard InChI is InChI=1S/C9H8FNS/c10-9-3-1-8(2-4-9)7-12-6-5-11/h1-4H,6-7H2. The highest BCUT2D eigenvalue weighted by molar-refractivity contribution is 7.98. The topological polar surface area (TPSA) is 23.8 Å². The van der Waals surface area contributed by atoms with Gasteiger partial charge in [-0.2, -0.15) is 5.26 Å². The Kier molecular flexibility index (Phi) is 3.62. The van der Waals surface area contributed by atoms with Crippen molar-refractivity contribution < 1.29 is 4.39 Å². The minimum atomic E-state index is -0.218. The molecule has 12 heavy (non-hydrogen) atoms. The molecule has 1 rings (SSSR count). The SMILES string of the molecule is N#CCSCc1ccc(F)cc1. The van der Waals surface area contributed by atoms with Gasteiger partial charge in [-0.15, -0.1) is 11.8 Å². The van der Waals surface area contributed by atoms with Crippen LogP contribution in [0.5, 0.6) is 0 Å². The fourth-order valence-corrected chi connectivity index (χ4v) is 1.42. The van der Waals surface area contributed by atoms with Crippen LogP contribution in [0.1, 0.15) is 5.56 Å². The molecule has 1 aromatic rings. The Balaban J connectivity index is 2.43. The summed E-state index contributed by atoms with van der Waals surface area (Å²) in [4.78, 5) is 0. The first kappa shape index (κ1) is 9.08. The summed E-state index contributed by atoms with van der Waals surface area (Å²) in [6.07, 6.45) is 0. The van der Waals surface area contributed by atoms with E-state index in [-0.39, 0.29) is 5.82 Å². The van der Waals surface area contributed by atoms with Gasteiger partial charge < -0.3 is 0 Å². The number of rotatable bonds is 3. The van der Waals surface area contributed by atoms with Crippen molar-refractivity contribution in [3.8, 4) is 6.07 Å². The molecule has 0 heterocycles. The molecular weight excluding hydrogens is 173 g/mol. The van der Waals surface area contributed by atoms with E-state index in [1.807, 2.05) is 6.07 Å². The predicted molar refractivity (Wildman–Crippen MR) is 48.2 cm³/mol. The largest absolute Gasteiger partial charge is 0.207 e. The number of hydrogen-bond acceptors (Lipinski definition) is 2. The van der Waals surface area contributed by atoms with E-state index < -0.39 is 0 Å². The zero-order valence-electron chi connectivity index (χ0n) is 6.46. The summed E-state index contributed by atoms with van der Waals surface area (Å²) in [5.74, 6) is 1.04. The molecule has 0 N–H and O–H groups in total. The van der Waals surface area contributed by atoms with Crippen LogP contribution < -0.4 is 0 Å². The smallest absolute Gasteiger partial charge is 0.123 e. The summed E-state index contributed by atoms with van der Waals surface area (Å²) < 4.78 is 12.4. The molecule has 0 atom stereocenters. The van der Waals surface area contributed by atoms with E-state index in [1.165, 1.54) is 23.9 Å². The molecule has 0 amide bonds. The minimum Gasteiger partial charge on any atom is -0.207 e. The maximum Gasteiger partial charge on any atom is 0.123 e. The zero-order chi connectivity index (χ0) is 8.81. The maximum absolute atomic E-state index is 12.4. The van der Waals surface area contributed by atoms with E-state index in [9.17, 15) is 4.39 Å². The van der Waals surface area contributed by atoms with Crippen molar-refractivity contribution >= 4 is 11.8 Å². The van der Waals surface area contributed by atoms with Crippen molar-refractivity contribution in [1.82, 2.24) is 0 Å². The number of nitriles is 1. The highest BCUT2D eigenvalue weighted by Crippen LogP contribution is 2.11. The van der Waals surface area contributed by atoms with Gasteiger partial charge in [-0.1, -0.05) is 12.1 Å². The molecule has 1 aromatic carbocycles. The molecule has 3 heteroatoms. The maximum atomic E-state index is 12.4. The second-order valence-corrected chi connectivity index (χ2v) is 3.26. The van der Waals surface area contributed by atoms with Crippen LogP contribution in [0.4, 0.5) is 4.39 Å². The predicted octanol–water partition coefficient (Wildman–Crippen LogP) is 2.58. The summed E-state index contributed by atoms with van der Waals surface area (Å²) in [5.41, 5.74) is 1.05. The van der Waals surface area contributed by atoms with Crippen molar-refractivity contribution in [2.75, 3.05) is 5.75 Å². The summed E-state index contributed by atoms with van der Waals surface area (Å²) in [6, 6.07) is 8.38. The number of thioether (sulfide) groups is 1. The van der Waals surface area contributed by atoms with Crippen LogP contribution in [-0.4, -0.2) is 5.75 Å². The summed E-state index contributed by atoms with van der Waals surface area (Å²) in [7, 11) is 0. The molecule has 0 bridgehead atoms. The Hall–Kier alpha value is -1.01. The molecule has 0 unspecified atom stereocenters. The van der Waals surface area contributed by atoms with Crippen molar-refractivity contribution in [3.05, 3.63) is 35.6 Å². The zero-order valence-corrected chi connectivity index (χ0v) is 7.27. The fourth-order valence-electron chi connectivity index (χ4n) is 0.795. The van der Waals surface area contributed by atoms with E-state index >= 15 is 0 Å². The van der Waals surface area contributed by atoms with Gasteiger partial charge in [0.25, 0.3) is 0 Å². The van der Waals surface area contributed by atoms with Crippen LogP contribution in [-0.2, 0) is 5.75 Å². The highest BCUT2D eigenvalue weighted by atomic mass is 32.2. The monoisotopic (exact) mass is 181 g/mol. The van der Waals surface area contributed by atoms with E-state index in [2.05, 4.69) is 0 Å². The van der Waals surface area contributed by atoms with Gasteiger partial charge in [0.1, 0.15) is 5.82 Å². The summed E-state index contributed by atoms with van der Waals surface area (Å²) >= 11 is 1.53. The Morgan fingerprint density at radius 2 is 2.00 bits per heavy atom. The van der Waals surface area contributed by atoms with Crippen molar-refractivity contribution in [3.63, 3.8) is 0 Å². The van der Waals surface area contributed by atoms with Crippen molar-refractivity contribution in [2.24, 2.45) is 0 Å². The highest BCUT2D eigenvalue weighted by Gasteiger charge is 1.93. The molecule has 0 radical (unpaired) electrons. The lowest BCUT2D eigenvalue weighted by molar-refractivity contribution is 0.627. The third-order valence-corrected chi connectivity index (χ3v) is 2.22. The number of hydrogen-bond donors (Lipinski definition) is 0. The molecule has 0 fully saturated rings. The van der Waals surface area contributed by atoms with Crippen LogP contribution in [0.25, 0.3) is 0 Å². The molecule has 62 valence electrons. The second-order valence-electron chi connectivity index (χ2n) is 2.28. The first-order valence-corrected chi connectivity index (χ1v) is 4.67. The van der Waals surface area contributed by atoms with Gasteiger partial charge in [-0.05, 0) is 17.7 Å². The van der Waals surface area contributed by atoms with Gasteiger partial charge in [0.05, 0.1) is 11.8 Å². The molecule has 0 aliphatic heterocycles. The lowest BCUT2D eigenvalue weighted by atomic mass is 10.2. The quantitative estimate of drug-likeness (QED) is 0.669. The van der Waals surface area contributed by atoms with Gasteiger partial charge in [-0.25, -0.2) is 4.39 Å². The Morgan fingerprint density at radius 1 is 1.33 bits per heavy atom. The van der Waals surface area contributed by atoms with Crippen molar-refractivity contribution in [2.45, 2.75) is 5.75 Å². The number of nitrogens with zero attached hydrogens (tertiary/aromatic N) is 1. The summed E-state index contributed by atoms with van der Waals surface area (Å²) in [6.45, 7) is 0. The Bertz CT molecular complexity index is 276. The normalized spacial score (nSPS) is 9.33. The van der Waals surface area contributed by atoms with Gasteiger partial charge in [0, 0.05) is 5.75 Å². The lowest BCUT2D eigenvalue weighted by Crippen LogP contribution is -1.81. The summed E-state index contributed by atoms with van der Waals surface area (Å²) in [5, 5.41) is 8.26. The molecule has 0 aliphatic carbocycles. The fraction of sp³-hybridized carbons (Fsp3) is 0.222. The molecular formula is C9H8FNS. The van der Waals surface area contributed by atoms with Gasteiger partial charge in [0.2, 0.25) is 0 Å². The van der Waals surface area contributed by atoms with Crippen LogP contribution in [0, 0.1) is 17.1 Å². The average Bonchev–Trinajstić information content (AvgIpc) is 2.09. The Labute approximate surface area is 75.2 Å². The molecule has 0 aliphatic rings. The van der Waals surface area contributed by atoms with E-state index in [0.717, 1.165) is 11.3 Å². The molecule has 0 aromatic heterocycles. The molecule has 1 nitrogen and oxygen atoms in total. The molecule has 0 saturated carbocycles. The minimum absolute atomic E-state index is 0.218. The van der Waals surface area contributed by atoms with Crippen LogP contribution >= 0.6 is 11.8 Å². The van der Waals surface area contributed by atoms with Crippen LogP contribution in [0.15, 0.2) is 24.3 Å². The average molecular weight is 181 g/mol. The van der Waals surface area contributed by atoms with Gasteiger partial charge in [-0.3, -0.25) is 0 Å². The van der Waals surface area contributed by atoms with Gasteiger partial charge in [0.15, 0.2) is 0 Å². The van der Waals surface area contributed by atoms with E-state index in [0.29, 0.717) is 5.75 Å². The third-order valence-electron chi connectivity index (χ3n) is 1.35. The number of benzene rings is 1. The second kappa shape index (κ2) is 4.78. The number of halogens is 1. The Morgan fingerprint density at radius 3 is 2.58 bits per heavy atom. The van der Waals surface area contributed by atoms with E-state index in [4.69, 9.17) is 5.26 Å². The lowest BCUT2D eigenvalue weighted by Gasteiger charge is -1.96.